The van der Waals surface area contributed by atoms with E-state index in [1.54, 1.807) is 0 Å². The van der Waals surface area contributed by atoms with Gasteiger partial charge in [-0.05, 0) is 106 Å². The van der Waals surface area contributed by atoms with Crippen molar-refractivity contribution >= 4 is 114 Å². The van der Waals surface area contributed by atoms with Gasteiger partial charge in [-0.1, -0.05) is 121 Å². The van der Waals surface area contributed by atoms with E-state index < -0.39 is 0 Å². The molecule has 0 aliphatic carbocycles. The Morgan fingerprint density at radius 2 is 1.03 bits per heavy atom. The predicted molar refractivity (Wildman–Crippen MR) is 256 cm³/mol. The molecule has 0 aliphatic rings. The van der Waals surface area contributed by atoms with Gasteiger partial charge in [-0.3, -0.25) is 0 Å². The van der Waals surface area contributed by atoms with Crippen molar-refractivity contribution in [2.24, 2.45) is 0 Å². The molecular weight excluding hydrogens is 749 g/mol. The van der Waals surface area contributed by atoms with Crippen LogP contribution in [0.1, 0.15) is 0 Å². The lowest BCUT2D eigenvalue weighted by Crippen LogP contribution is -2.09. The van der Waals surface area contributed by atoms with E-state index in [4.69, 9.17) is 4.42 Å². The number of aromatic nitrogens is 1. The lowest BCUT2D eigenvalue weighted by Gasteiger charge is -2.26. The van der Waals surface area contributed by atoms with Crippen LogP contribution in [0.15, 0.2) is 211 Å². The summed E-state index contributed by atoms with van der Waals surface area (Å²) in [5, 5.41) is 12.2. The van der Waals surface area contributed by atoms with Crippen molar-refractivity contribution in [3.8, 4) is 16.8 Å². The fourth-order valence-corrected chi connectivity index (χ4v) is 10.6. The Morgan fingerprint density at radius 3 is 1.90 bits per heavy atom. The number of hydrogen-bond donors (Lipinski definition) is 0. The first-order valence-electron chi connectivity index (χ1n) is 20.4. The third kappa shape index (κ3) is 5.08. The van der Waals surface area contributed by atoms with E-state index in [1.807, 2.05) is 11.3 Å². The van der Waals surface area contributed by atoms with Crippen molar-refractivity contribution < 1.29 is 4.42 Å². The molecule has 0 atom stereocenters. The molecule has 60 heavy (non-hydrogen) atoms. The summed E-state index contributed by atoms with van der Waals surface area (Å²) in [4.78, 5) is 2.37. The summed E-state index contributed by atoms with van der Waals surface area (Å²) in [5.41, 5.74) is 10.9. The number of benzene rings is 10. The van der Waals surface area contributed by atoms with Crippen molar-refractivity contribution in [1.82, 2.24) is 4.57 Å². The largest absolute Gasteiger partial charge is 0.455 e. The minimum Gasteiger partial charge on any atom is -0.455 e. The van der Waals surface area contributed by atoms with Crippen LogP contribution in [-0.4, -0.2) is 4.57 Å². The Labute approximate surface area is 349 Å². The molecule has 0 spiro atoms. The number of furan rings is 1. The summed E-state index contributed by atoms with van der Waals surface area (Å²) in [6.45, 7) is 0. The molecule has 13 aromatic rings. The standard InChI is InChI=1S/C56H34N2OS/c1-2-12-39-32-52-50(31-38(39)11-1)45-16-5-7-18-51(45)58(52)40-23-20-35(21-24-40)37-13-9-14-41(30-37)57(43-26-29-48-47-17-6-8-19-54(47)60-55(48)34-43)42-25-28-46-49-27-22-36-10-3-4-15-44(36)56(49)59-53(46)33-42/h1-34H. The molecule has 0 radical (unpaired) electrons. The molecule has 280 valence electrons. The highest BCUT2D eigenvalue weighted by Crippen LogP contribution is 2.44. The van der Waals surface area contributed by atoms with Gasteiger partial charge in [-0.15, -0.1) is 11.3 Å². The van der Waals surface area contributed by atoms with Gasteiger partial charge in [-0.25, -0.2) is 0 Å². The van der Waals surface area contributed by atoms with Gasteiger partial charge in [0.2, 0.25) is 0 Å². The molecule has 0 unspecified atom stereocenters. The SMILES string of the molecule is c1cc(-c2ccc(-n3c4ccccc4c4cc5ccccc5cc43)cc2)cc(N(c2ccc3c(c2)oc2c4ccccc4ccc32)c2ccc3c(c2)sc2ccccc23)c1. The van der Waals surface area contributed by atoms with Crippen LogP contribution in [0.4, 0.5) is 17.1 Å². The Kier molecular flexibility index (Phi) is 7.18. The zero-order valence-corrected chi connectivity index (χ0v) is 33.2. The Balaban J connectivity index is 0.947. The van der Waals surface area contributed by atoms with E-state index in [0.717, 1.165) is 61.2 Å². The maximum atomic E-state index is 6.72. The summed E-state index contributed by atoms with van der Waals surface area (Å²) in [7, 11) is 0. The monoisotopic (exact) mass is 782 g/mol. The van der Waals surface area contributed by atoms with Crippen LogP contribution in [0, 0.1) is 0 Å². The van der Waals surface area contributed by atoms with Crippen molar-refractivity contribution in [3.63, 3.8) is 0 Å². The van der Waals surface area contributed by atoms with Gasteiger partial charge in [-0.2, -0.15) is 0 Å². The molecule has 0 saturated heterocycles. The van der Waals surface area contributed by atoms with Gasteiger partial charge in [0.05, 0.1) is 11.0 Å². The Bertz CT molecular complexity index is 3850. The topological polar surface area (TPSA) is 21.3 Å². The zero-order chi connectivity index (χ0) is 39.3. The predicted octanol–water partition coefficient (Wildman–Crippen LogP) is 16.5. The number of thiophene rings is 1. The van der Waals surface area contributed by atoms with Crippen LogP contribution in [0.2, 0.25) is 0 Å². The van der Waals surface area contributed by atoms with Crippen molar-refractivity contribution in [2.45, 2.75) is 0 Å². The second kappa shape index (κ2) is 12.9. The van der Waals surface area contributed by atoms with Crippen LogP contribution in [0.5, 0.6) is 0 Å². The number of fused-ring (bicyclic) bond motifs is 12. The third-order valence-electron chi connectivity index (χ3n) is 12.3. The van der Waals surface area contributed by atoms with Crippen LogP contribution in [-0.2, 0) is 0 Å². The Morgan fingerprint density at radius 1 is 0.367 bits per heavy atom. The molecule has 3 aromatic heterocycles. The first-order chi connectivity index (χ1) is 29.7. The van der Waals surface area contributed by atoms with Crippen LogP contribution >= 0.6 is 11.3 Å². The Hall–Kier alpha value is -7.66. The van der Waals surface area contributed by atoms with Crippen LogP contribution < -0.4 is 4.90 Å². The summed E-state index contributed by atoms with van der Waals surface area (Å²) in [6.07, 6.45) is 0. The van der Waals surface area contributed by atoms with Gasteiger partial charge in [0.15, 0.2) is 0 Å². The fraction of sp³-hybridized carbons (Fsp3) is 0. The highest BCUT2D eigenvalue weighted by molar-refractivity contribution is 7.25. The van der Waals surface area contributed by atoms with Gasteiger partial charge < -0.3 is 13.9 Å². The van der Waals surface area contributed by atoms with Gasteiger partial charge in [0.25, 0.3) is 0 Å². The second-order valence-corrected chi connectivity index (χ2v) is 16.8. The van der Waals surface area contributed by atoms with Crippen molar-refractivity contribution in [3.05, 3.63) is 206 Å². The zero-order valence-electron chi connectivity index (χ0n) is 32.3. The molecule has 0 aliphatic heterocycles. The van der Waals surface area contributed by atoms with E-state index in [9.17, 15) is 0 Å². The maximum absolute atomic E-state index is 6.72. The molecule has 0 saturated carbocycles. The number of nitrogens with zero attached hydrogens (tertiary/aromatic N) is 2. The fourth-order valence-electron chi connectivity index (χ4n) is 9.49. The van der Waals surface area contributed by atoms with Crippen LogP contribution in [0.3, 0.4) is 0 Å². The molecule has 0 bridgehead atoms. The quantitative estimate of drug-likeness (QED) is 0.173. The van der Waals surface area contributed by atoms with Crippen molar-refractivity contribution in [1.29, 1.82) is 0 Å². The minimum absolute atomic E-state index is 0.872. The molecule has 3 nitrogen and oxygen atoms in total. The first-order valence-corrected chi connectivity index (χ1v) is 21.2. The van der Waals surface area contributed by atoms with E-state index in [0.29, 0.717) is 0 Å². The van der Waals surface area contributed by atoms with Gasteiger partial charge in [0.1, 0.15) is 11.2 Å². The van der Waals surface area contributed by atoms with E-state index in [-0.39, 0.29) is 0 Å². The summed E-state index contributed by atoms with van der Waals surface area (Å²) in [5.74, 6) is 0. The molecular formula is C56H34N2OS. The lowest BCUT2D eigenvalue weighted by molar-refractivity contribution is 0.672. The molecule has 3 heterocycles. The average Bonchev–Trinajstić information content (AvgIpc) is 3.97. The highest BCUT2D eigenvalue weighted by atomic mass is 32.1. The first kappa shape index (κ1) is 33.3. The number of anilines is 3. The second-order valence-electron chi connectivity index (χ2n) is 15.7. The summed E-state index contributed by atoms with van der Waals surface area (Å²) >= 11 is 1.84. The third-order valence-corrected chi connectivity index (χ3v) is 13.5. The lowest BCUT2D eigenvalue weighted by atomic mass is 10.0. The number of rotatable bonds is 5. The maximum Gasteiger partial charge on any atom is 0.143 e. The molecule has 10 aromatic carbocycles. The molecule has 0 fully saturated rings. The smallest absolute Gasteiger partial charge is 0.143 e. The molecule has 13 rings (SSSR count). The van der Waals surface area contributed by atoms with E-state index in [1.165, 1.54) is 58.1 Å². The average molecular weight is 783 g/mol. The minimum atomic E-state index is 0.872. The molecule has 0 N–H and O–H groups in total. The van der Waals surface area contributed by atoms with E-state index in [2.05, 4.69) is 216 Å². The molecule has 4 heteroatoms. The number of hydrogen-bond acceptors (Lipinski definition) is 3. The highest BCUT2D eigenvalue weighted by Gasteiger charge is 2.19. The molecule has 0 amide bonds. The summed E-state index contributed by atoms with van der Waals surface area (Å²) < 4.78 is 11.7. The van der Waals surface area contributed by atoms with Crippen molar-refractivity contribution in [2.75, 3.05) is 4.90 Å². The number of para-hydroxylation sites is 1. The van der Waals surface area contributed by atoms with Gasteiger partial charge >= 0.3 is 0 Å². The van der Waals surface area contributed by atoms with Gasteiger partial charge in [0, 0.05) is 75.9 Å². The normalized spacial score (nSPS) is 12.0. The van der Waals surface area contributed by atoms with Crippen LogP contribution in [0.25, 0.3) is 102 Å². The summed E-state index contributed by atoms with van der Waals surface area (Å²) in [6, 6.07) is 75.1. The van der Waals surface area contributed by atoms with E-state index >= 15 is 0 Å².